The smallest absolute Gasteiger partial charge is 0.270 e. The van der Waals surface area contributed by atoms with Crippen LogP contribution in [0.1, 0.15) is 70.3 Å². The van der Waals surface area contributed by atoms with Gasteiger partial charge in [-0.15, -0.1) is 0 Å². The van der Waals surface area contributed by atoms with E-state index < -0.39 is 23.7 Å². The van der Waals surface area contributed by atoms with Crippen molar-refractivity contribution >= 4 is 34.9 Å². The van der Waals surface area contributed by atoms with Crippen molar-refractivity contribution in [3.05, 3.63) is 46.2 Å². The van der Waals surface area contributed by atoms with Crippen molar-refractivity contribution in [1.82, 2.24) is 14.6 Å². The summed E-state index contributed by atoms with van der Waals surface area (Å²) in [6.45, 7) is 0.971. The van der Waals surface area contributed by atoms with Gasteiger partial charge >= 0.3 is 0 Å². The summed E-state index contributed by atoms with van der Waals surface area (Å²) in [6.07, 6.45) is 4.94. The second kappa shape index (κ2) is 10.5. The van der Waals surface area contributed by atoms with E-state index in [0.29, 0.717) is 31.6 Å². The lowest BCUT2D eigenvalue weighted by Gasteiger charge is -2.36. The zero-order valence-corrected chi connectivity index (χ0v) is 19.5. The fourth-order valence-electron chi connectivity index (χ4n) is 4.62. The molecule has 1 saturated heterocycles. The van der Waals surface area contributed by atoms with Gasteiger partial charge in [0, 0.05) is 19.2 Å². The van der Waals surface area contributed by atoms with Crippen molar-refractivity contribution in [2.24, 2.45) is 5.73 Å². The Labute approximate surface area is 200 Å². The second-order valence-electron chi connectivity index (χ2n) is 8.62. The fraction of sp³-hybridized carbons (Fsp3) is 0.478. The molecule has 9 nitrogen and oxygen atoms in total. The van der Waals surface area contributed by atoms with E-state index in [9.17, 15) is 18.8 Å². The summed E-state index contributed by atoms with van der Waals surface area (Å²) in [4.78, 5) is 40.6. The molecule has 2 heterocycles. The number of hydrogen-bond acceptors (Lipinski definition) is 7. The molecule has 1 aliphatic carbocycles. The largest absolute Gasteiger partial charge is 0.395 e. The number of hydrogen-bond donors (Lipinski definition) is 3. The van der Waals surface area contributed by atoms with Gasteiger partial charge in [-0.05, 0) is 54.9 Å². The number of nitrogens with two attached hydrogens (primary N) is 2. The zero-order chi connectivity index (χ0) is 24.2. The molecular weight excluding hydrogens is 461 g/mol. The van der Waals surface area contributed by atoms with Crippen LogP contribution in [0.25, 0.3) is 0 Å². The summed E-state index contributed by atoms with van der Waals surface area (Å²) >= 11 is 0.781. The maximum atomic E-state index is 13.8. The Kier molecular flexibility index (Phi) is 7.42. The Bertz CT molecular complexity index is 1050. The summed E-state index contributed by atoms with van der Waals surface area (Å²) in [7, 11) is 0. The van der Waals surface area contributed by atoms with E-state index in [0.717, 1.165) is 37.2 Å². The van der Waals surface area contributed by atoms with Crippen LogP contribution in [0.3, 0.4) is 0 Å². The number of aromatic nitrogens is 1. The molecule has 1 aromatic carbocycles. The van der Waals surface area contributed by atoms with Crippen LogP contribution in [0.15, 0.2) is 24.3 Å². The molecule has 2 aromatic rings. The molecule has 1 aromatic heterocycles. The molecule has 1 aliphatic heterocycles. The van der Waals surface area contributed by atoms with Gasteiger partial charge in [-0.1, -0.05) is 25.0 Å². The number of halogens is 1. The van der Waals surface area contributed by atoms with Crippen LogP contribution in [-0.2, 0) is 9.53 Å². The maximum Gasteiger partial charge on any atom is 0.270 e. The van der Waals surface area contributed by atoms with E-state index in [2.05, 4.69) is 9.69 Å². The van der Waals surface area contributed by atoms with E-state index in [4.69, 9.17) is 16.2 Å². The highest BCUT2D eigenvalue weighted by molar-refractivity contribution is 7.09. The summed E-state index contributed by atoms with van der Waals surface area (Å²) in [5, 5.41) is 2.92. The van der Waals surface area contributed by atoms with E-state index >= 15 is 0 Å². The van der Waals surface area contributed by atoms with Crippen LogP contribution in [0.5, 0.6) is 0 Å². The molecule has 0 radical (unpaired) electrons. The first kappa shape index (κ1) is 24.1. The van der Waals surface area contributed by atoms with Crippen molar-refractivity contribution in [1.29, 1.82) is 0 Å². The molecule has 11 heteroatoms. The van der Waals surface area contributed by atoms with Crippen molar-refractivity contribution in [2.45, 2.75) is 56.7 Å². The Hall–Kier alpha value is -3.05. The minimum absolute atomic E-state index is 0.0553. The van der Waals surface area contributed by atoms with Crippen LogP contribution in [0, 0.1) is 5.82 Å². The minimum atomic E-state index is -1.02. The predicted octanol–water partition coefficient (Wildman–Crippen LogP) is 2.38. The highest BCUT2D eigenvalue weighted by Gasteiger charge is 2.40. The number of nitrogens with one attached hydrogen (secondary N) is 1. The number of primary amides is 1. The quantitative estimate of drug-likeness (QED) is 0.520. The summed E-state index contributed by atoms with van der Waals surface area (Å²) in [5.41, 5.74) is 11.6. The lowest BCUT2D eigenvalue weighted by atomic mass is 10.00. The van der Waals surface area contributed by atoms with Crippen molar-refractivity contribution < 1.29 is 23.5 Å². The lowest BCUT2D eigenvalue weighted by molar-refractivity contribution is -0.127. The number of ether oxygens (including phenoxy) is 1. The fourth-order valence-corrected chi connectivity index (χ4v) is 5.37. The number of carbonyl (C=O) groups is 3. The average molecular weight is 490 g/mol. The van der Waals surface area contributed by atoms with Crippen LogP contribution < -0.4 is 16.8 Å². The normalized spacial score (nSPS) is 19.1. The predicted molar refractivity (Wildman–Crippen MR) is 125 cm³/mol. The lowest BCUT2D eigenvalue weighted by Crippen LogP contribution is -2.49. The van der Waals surface area contributed by atoms with E-state index in [1.54, 1.807) is 0 Å². The van der Waals surface area contributed by atoms with Crippen molar-refractivity contribution in [3.63, 3.8) is 0 Å². The molecule has 3 amide bonds. The number of amides is 3. The molecule has 0 bridgehead atoms. The summed E-state index contributed by atoms with van der Waals surface area (Å²) in [6, 6.07) is 4.29. The number of nitrogens with zero attached hydrogens (tertiary/aromatic N) is 2. The third-order valence-corrected chi connectivity index (χ3v) is 7.20. The van der Waals surface area contributed by atoms with Gasteiger partial charge in [0.2, 0.25) is 5.91 Å². The molecule has 2 unspecified atom stereocenters. The van der Waals surface area contributed by atoms with Gasteiger partial charge in [-0.3, -0.25) is 14.4 Å². The van der Waals surface area contributed by atoms with Crippen LogP contribution in [-0.4, -0.2) is 52.3 Å². The van der Waals surface area contributed by atoms with Crippen LogP contribution in [0.4, 0.5) is 10.1 Å². The molecule has 1 saturated carbocycles. The highest BCUT2D eigenvalue weighted by atomic mass is 32.1. The molecule has 2 atom stereocenters. The number of carbonyl (C=O) groups excluding carboxylic acids is 3. The maximum absolute atomic E-state index is 13.8. The SMILES string of the molecule is NC(=O)c1nsc(C(=O)N(C2CCCC2)C(C(=O)NCC2CCCO2)c2ccc(F)cc2)c1N. The van der Waals surface area contributed by atoms with Crippen LogP contribution in [0.2, 0.25) is 0 Å². The molecule has 2 fully saturated rings. The Morgan fingerprint density at radius 3 is 2.47 bits per heavy atom. The molecule has 0 spiro atoms. The Morgan fingerprint density at radius 2 is 1.88 bits per heavy atom. The standard InChI is InChI=1S/C23H28FN5O4S/c24-14-9-7-13(8-10-14)19(22(31)27-12-16-6-3-11-33-16)29(15-4-1-2-5-15)23(32)20-17(25)18(21(26)30)28-34-20/h7-10,15-16,19H,1-6,11-12,25H2,(H2,26,30)(H,27,31). The number of anilines is 1. The Morgan fingerprint density at radius 1 is 1.18 bits per heavy atom. The second-order valence-corrected chi connectivity index (χ2v) is 9.40. The molecule has 5 N–H and O–H groups in total. The molecular formula is C23H28FN5O4S. The van der Waals surface area contributed by atoms with Gasteiger partial charge < -0.3 is 26.4 Å². The minimum Gasteiger partial charge on any atom is -0.395 e. The first-order valence-corrected chi connectivity index (χ1v) is 12.2. The van der Waals surface area contributed by atoms with Gasteiger partial charge in [0.15, 0.2) is 5.69 Å². The molecule has 34 heavy (non-hydrogen) atoms. The van der Waals surface area contributed by atoms with E-state index in [1.807, 2.05) is 0 Å². The average Bonchev–Trinajstić information content (AvgIpc) is 3.58. The van der Waals surface area contributed by atoms with Gasteiger partial charge in [0.25, 0.3) is 11.8 Å². The third kappa shape index (κ3) is 5.05. The molecule has 2 aliphatic rings. The van der Waals surface area contributed by atoms with Crippen molar-refractivity contribution in [2.75, 3.05) is 18.9 Å². The number of nitrogen functional groups attached to an aromatic ring is 1. The molecule has 182 valence electrons. The Balaban J connectivity index is 1.71. The first-order valence-electron chi connectivity index (χ1n) is 11.4. The zero-order valence-electron chi connectivity index (χ0n) is 18.7. The van der Waals surface area contributed by atoms with Gasteiger partial charge in [-0.25, -0.2) is 4.39 Å². The summed E-state index contributed by atoms with van der Waals surface area (Å²) < 4.78 is 23.3. The van der Waals surface area contributed by atoms with Gasteiger partial charge in [-0.2, -0.15) is 4.37 Å². The van der Waals surface area contributed by atoms with E-state index in [1.165, 1.54) is 29.2 Å². The van der Waals surface area contributed by atoms with Crippen LogP contribution >= 0.6 is 11.5 Å². The molecule has 4 rings (SSSR count). The topological polar surface area (TPSA) is 141 Å². The van der Waals surface area contributed by atoms with Crippen molar-refractivity contribution in [3.8, 4) is 0 Å². The number of rotatable bonds is 8. The summed E-state index contributed by atoms with van der Waals surface area (Å²) in [5.74, 6) is -2.17. The first-order chi connectivity index (χ1) is 16.4. The highest BCUT2D eigenvalue weighted by Crippen LogP contribution is 2.35. The third-order valence-electron chi connectivity index (χ3n) is 6.35. The monoisotopic (exact) mass is 489 g/mol. The van der Waals surface area contributed by atoms with Gasteiger partial charge in [0.05, 0.1) is 11.8 Å². The van der Waals surface area contributed by atoms with Gasteiger partial charge in [0.1, 0.15) is 16.7 Å². The number of benzene rings is 1. The van der Waals surface area contributed by atoms with E-state index in [-0.39, 0.29) is 34.3 Å².